The fourth-order valence-corrected chi connectivity index (χ4v) is 2.35. The molecule has 100 valence electrons. The fourth-order valence-electron chi connectivity index (χ4n) is 2.35. The molecule has 2 heterocycles. The second-order valence-electron chi connectivity index (χ2n) is 4.78. The van der Waals surface area contributed by atoms with Crippen molar-refractivity contribution in [3.05, 3.63) is 22.7 Å². The van der Waals surface area contributed by atoms with Crippen molar-refractivity contribution < 1.29 is 0 Å². The molecule has 0 amide bonds. The van der Waals surface area contributed by atoms with Crippen LogP contribution in [0.2, 0.25) is 0 Å². The van der Waals surface area contributed by atoms with E-state index in [-0.39, 0.29) is 5.56 Å². The molecule has 1 aromatic rings. The van der Waals surface area contributed by atoms with Gasteiger partial charge in [0.15, 0.2) is 5.82 Å². The van der Waals surface area contributed by atoms with Gasteiger partial charge in [-0.05, 0) is 32.2 Å². The van der Waals surface area contributed by atoms with E-state index in [4.69, 9.17) is 0 Å². The van der Waals surface area contributed by atoms with Gasteiger partial charge in [-0.15, -0.1) is 0 Å². The van der Waals surface area contributed by atoms with E-state index in [1.165, 1.54) is 12.8 Å². The van der Waals surface area contributed by atoms with Crippen LogP contribution in [-0.2, 0) is 6.54 Å². The number of hydrogen-bond acceptors (Lipinski definition) is 4. The van der Waals surface area contributed by atoms with Crippen molar-refractivity contribution in [1.82, 2.24) is 14.9 Å². The van der Waals surface area contributed by atoms with Crippen molar-refractivity contribution in [2.75, 3.05) is 18.4 Å². The van der Waals surface area contributed by atoms with Crippen LogP contribution in [0.3, 0.4) is 0 Å². The van der Waals surface area contributed by atoms with E-state index in [1.54, 1.807) is 17.0 Å². The van der Waals surface area contributed by atoms with Crippen LogP contribution >= 0.6 is 0 Å². The predicted molar refractivity (Wildman–Crippen MR) is 72.9 cm³/mol. The van der Waals surface area contributed by atoms with E-state index in [1.807, 2.05) is 0 Å². The number of aromatic nitrogens is 2. The van der Waals surface area contributed by atoms with E-state index < -0.39 is 0 Å². The first kappa shape index (κ1) is 13.1. The Kier molecular flexibility index (Phi) is 4.75. The molecule has 0 spiro atoms. The van der Waals surface area contributed by atoms with Gasteiger partial charge in [0.2, 0.25) is 0 Å². The second-order valence-corrected chi connectivity index (χ2v) is 4.78. The van der Waals surface area contributed by atoms with Crippen LogP contribution < -0.4 is 16.2 Å². The van der Waals surface area contributed by atoms with Gasteiger partial charge in [0.25, 0.3) is 5.56 Å². The Morgan fingerprint density at radius 3 is 3.22 bits per heavy atom. The van der Waals surface area contributed by atoms with Crippen LogP contribution in [0.1, 0.15) is 32.6 Å². The minimum Gasteiger partial charge on any atom is -0.365 e. The summed E-state index contributed by atoms with van der Waals surface area (Å²) in [6, 6.07) is 0.596. The van der Waals surface area contributed by atoms with Crippen LogP contribution in [0, 0.1) is 0 Å². The third-order valence-electron chi connectivity index (χ3n) is 3.33. The van der Waals surface area contributed by atoms with E-state index in [0.29, 0.717) is 11.9 Å². The number of rotatable bonds is 6. The molecule has 1 saturated heterocycles. The lowest BCUT2D eigenvalue weighted by Crippen LogP contribution is -2.27. The number of nitrogens with one attached hydrogen (secondary N) is 2. The van der Waals surface area contributed by atoms with Gasteiger partial charge in [0.1, 0.15) is 0 Å². The Hall–Kier alpha value is -1.36. The largest absolute Gasteiger partial charge is 0.365 e. The highest BCUT2D eigenvalue weighted by Gasteiger charge is 2.13. The smallest absolute Gasteiger partial charge is 0.293 e. The van der Waals surface area contributed by atoms with Gasteiger partial charge < -0.3 is 15.2 Å². The third-order valence-corrected chi connectivity index (χ3v) is 3.33. The summed E-state index contributed by atoms with van der Waals surface area (Å²) in [5.41, 5.74) is -0.0151. The molecule has 1 aliphatic rings. The summed E-state index contributed by atoms with van der Waals surface area (Å²) in [6.07, 6.45) is 7.93. The number of aryl methyl sites for hydroxylation is 1. The lowest BCUT2D eigenvalue weighted by atomic mass is 10.1. The molecule has 0 aromatic carbocycles. The van der Waals surface area contributed by atoms with Gasteiger partial charge in [-0.1, -0.05) is 6.92 Å². The molecule has 0 saturated carbocycles. The maximum Gasteiger partial charge on any atom is 0.293 e. The van der Waals surface area contributed by atoms with Crippen molar-refractivity contribution in [1.29, 1.82) is 0 Å². The summed E-state index contributed by atoms with van der Waals surface area (Å²) in [7, 11) is 0. The zero-order valence-corrected chi connectivity index (χ0v) is 11.0. The molecule has 0 aliphatic carbocycles. The normalized spacial score (nSPS) is 19.1. The van der Waals surface area contributed by atoms with Gasteiger partial charge >= 0.3 is 0 Å². The van der Waals surface area contributed by atoms with Crippen LogP contribution in [0.5, 0.6) is 0 Å². The first-order valence-electron chi connectivity index (χ1n) is 6.84. The Balaban J connectivity index is 1.88. The molecule has 5 nitrogen and oxygen atoms in total. The van der Waals surface area contributed by atoms with Gasteiger partial charge in [0.05, 0.1) is 0 Å². The topological polar surface area (TPSA) is 59.0 Å². The Morgan fingerprint density at radius 1 is 1.61 bits per heavy atom. The highest BCUT2D eigenvalue weighted by molar-refractivity contribution is 5.30. The van der Waals surface area contributed by atoms with Crippen LogP contribution in [-0.4, -0.2) is 28.7 Å². The van der Waals surface area contributed by atoms with E-state index in [9.17, 15) is 4.79 Å². The maximum atomic E-state index is 12.0. The van der Waals surface area contributed by atoms with Crippen LogP contribution in [0.15, 0.2) is 17.2 Å². The third kappa shape index (κ3) is 3.32. The standard InChI is InChI=1S/C13H22N4O/c1-2-9-17-10-8-16-12(13(17)18)15-7-5-11-4-3-6-14-11/h8,10-11,14H,2-7,9H2,1H3,(H,15,16)/t11-/m0/s1. The second kappa shape index (κ2) is 6.54. The average Bonchev–Trinajstić information content (AvgIpc) is 2.87. The van der Waals surface area contributed by atoms with Crippen molar-refractivity contribution in [2.24, 2.45) is 0 Å². The molecule has 1 atom stereocenters. The van der Waals surface area contributed by atoms with Gasteiger partial charge in [-0.3, -0.25) is 4.79 Å². The molecular formula is C13H22N4O. The van der Waals surface area contributed by atoms with Crippen molar-refractivity contribution >= 4 is 5.82 Å². The summed E-state index contributed by atoms with van der Waals surface area (Å²) >= 11 is 0. The van der Waals surface area contributed by atoms with Crippen LogP contribution in [0.4, 0.5) is 5.82 Å². The quantitative estimate of drug-likeness (QED) is 0.796. The summed E-state index contributed by atoms with van der Waals surface area (Å²) < 4.78 is 1.71. The van der Waals surface area contributed by atoms with E-state index >= 15 is 0 Å². The average molecular weight is 250 g/mol. The maximum absolute atomic E-state index is 12.0. The van der Waals surface area contributed by atoms with E-state index in [0.717, 1.165) is 32.5 Å². The molecular weight excluding hydrogens is 228 g/mol. The molecule has 1 aliphatic heterocycles. The summed E-state index contributed by atoms with van der Waals surface area (Å²) in [4.78, 5) is 16.1. The molecule has 2 N–H and O–H groups in total. The van der Waals surface area contributed by atoms with Crippen molar-refractivity contribution in [3.63, 3.8) is 0 Å². The minimum atomic E-state index is -0.0151. The molecule has 1 aromatic heterocycles. The zero-order valence-electron chi connectivity index (χ0n) is 11.0. The molecule has 18 heavy (non-hydrogen) atoms. The Labute approximate surface area is 108 Å². The molecule has 0 bridgehead atoms. The SMILES string of the molecule is CCCn1ccnc(NCC[C@@H]2CCCN2)c1=O. The molecule has 5 heteroatoms. The first-order chi connectivity index (χ1) is 8.81. The van der Waals surface area contributed by atoms with Gasteiger partial charge in [-0.2, -0.15) is 0 Å². The highest BCUT2D eigenvalue weighted by Crippen LogP contribution is 2.08. The van der Waals surface area contributed by atoms with Crippen molar-refractivity contribution in [3.8, 4) is 0 Å². The molecule has 2 rings (SSSR count). The lowest BCUT2D eigenvalue weighted by molar-refractivity contribution is 0.573. The summed E-state index contributed by atoms with van der Waals surface area (Å²) in [5.74, 6) is 0.476. The fraction of sp³-hybridized carbons (Fsp3) is 0.692. The molecule has 1 fully saturated rings. The van der Waals surface area contributed by atoms with Gasteiger partial charge in [0, 0.05) is 31.5 Å². The van der Waals surface area contributed by atoms with E-state index in [2.05, 4.69) is 22.5 Å². The number of hydrogen-bond donors (Lipinski definition) is 2. The molecule has 0 unspecified atom stereocenters. The number of nitrogens with zero attached hydrogens (tertiary/aromatic N) is 2. The Morgan fingerprint density at radius 2 is 2.50 bits per heavy atom. The monoisotopic (exact) mass is 250 g/mol. The van der Waals surface area contributed by atoms with Crippen molar-refractivity contribution in [2.45, 2.75) is 45.2 Å². The molecule has 0 radical (unpaired) electrons. The van der Waals surface area contributed by atoms with Crippen LogP contribution in [0.25, 0.3) is 0 Å². The van der Waals surface area contributed by atoms with Gasteiger partial charge in [-0.25, -0.2) is 4.98 Å². The number of anilines is 1. The first-order valence-corrected chi connectivity index (χ1v) is 6.84. The summed E-state index contributed by atoms with van der Waals surface area (Å²) in [5, 5.41) is 6.60. The predicted octanol–water partition coefficient (Wildman–Crippen LogP) is 1.21. The zero-order chi connectivity index (χ0) is 12.8. The Bertz CT molecular complexity index is 423. The lowest BCUT2D eigenvalue weighted by Gasteiger charge is -2.11. The summed E-state index contributed by atoms with van der Waals surface area (Å²) in [6.45, 7) is 4.74. The minimum absolute atomic E-state index is 0.0151. The highest BCUT2D eigenvalue weighted by atomic mass is 16.1.